The molecule has 1 aromatic heterocycles. The number of rotatable bonds is 5. The van der Waals surface area contributed by atoms with Gasteiger partial charge >= 0.3 is 0 Å². The minimum absolute atomic E-state index is 0.0571. The predicted molar refractivity (Wildman–Crippen MR) is 113 cm³/mol. The first kappa shape index (κ1) is 18.9. The second kappa shape index (κ2) is 8.73. The highest BCUT2D eigenvalue weighted by Gasteiger charge is 2.23. The summed E-state index contributed by atoms with van der Waals surface area (Å²) in [6.07, 6.45) is 1.62. The minimum Gasteiger partial charge on any atom is -0.380 e. The maximum absolute atomic E-state index is 13.7. The number of carbonyl (C=O) groups is 1. The molecule has 1 fully saturated rings. The van der Waals surface area contributed by atoms with Crippen LogP contribution in [0.15, 0.2) is 72.9 Å². The fraction of sp³-hybridized carbons (Fsp3) is 0.217. The normalized spacial score (nSPS) is 14.0. The second-order valence-corrected chi connectivity index (χ2v) is 6.99. The fourth-order valence-corrected chi connectivity index (χ4v) is 3.43. The number of hydrogen-bond acceptors (Lipinski definition) is 4. The molecule has 1 N–H and O–H groups in total. The van der Waals surface area contributed by atoms with Crippen molar-refractivity contribution in [1.29, 1.82) is 0 Å². The van der Waals surface area contributed by atoms with Crippen LogP contribution in [0.2, 0.25) is 0 Å². The monoisotopic (exact) mass is 390 g/mol. The van der Waals surface area contributed by atoms with E-state index in [1.165, 1.54) is 11.8 Å². The van der Waals surface area contributed by atoms with Gasteiger partial charge in [-0.1, -0.05) is 36.4 Å². The van der Waals surface area contributed by atoms with Gasteiger partial charge in [0.1, 0.15) is 11.5 Å². The van der Waals surface area contributed by atoms with E-state index in [1.807, 2.05) is 23.1 Å². The average Bonchev–Trinajstić information content (AvgIpc) is 2.79. The number of amides is 1. The number of hydrogen-bond donors (Lipinski definition) is 1. The Morgan fingerprint density at radius 2 is 1.66 bits per heavy atom. The van der Waals surface area contributed by atoms with E-state index in [9.17, 15) is 9.18 Å². The number of nitrogens with one attached hydrogen (secondary N) is 1. The smallest absolute Gasteiger partial charge is 0.272 e. The molecular formula is C23H23FN4O. The van der Waals surface area contributed by atoms with E-state index in [1.54, 1.807) is 36.5 Å². The molecule has 1 amide bonds. The molecular weight excluding hydrogens is 367 g/mol. The maximum atomic E-state index is 13.7. The van der Waals surface area contributed by atoms with Gasteiger partial charge in [-0.25, -0.2) is 9.37 Å². The summed E-state index contributed by atoms with van der Waals surface area (Å²) in [5.74, 6) is -0.298. The van der Waals surface area contributed by atoms with Crippen molar-refractivity contribution in [3.05, 3.63) is 90.0 Å². The van der Waals surface area contributed by atoms with Crippen molar-refractivity contribution in [3.63, 3.8) is 0 Å². The number of pyridine rings is 1. The molecule has 0 unspecified atom stereocenters. The Bertz CT molecular complexity index is 954. The van der Waals surface area contributed by atoms with Crippen LogP contribution in [0.3, 0.4) is 0 Å². The zero-order valence-corrected chi connectivity index (χ0v) is 16.1. The molecule has 29 heavy (non-hydrogen) atoms. The third kappa shape index (κ3) is 4.54. The van der Waals surface area contributed by atoms with E-state index in [2.05, 4.69) is 27.3 Å². The van der Waals surface area contributed by atoms with Crippen LogP contribution in [-0.2, 0) is 6.54 Å². The van der Waals surface area contributed by atoms with E-state index >= 15 is 0 Å². The van der Waals surface area contributed by atoms with Gasteiger partial charge in [0.05, 0.1) is 11.9 Å². The Labute approximate surface area is 169 Å². The Kier molecular flexibility index (Phi) is 5.70. The van der Waals surface area contributed by atoms with Crippen LogP contribution < -0.4 is 10.2 Å². The molecule has 0 bridgehead atoms. The van der Waals surface area contributed by atoms with Gasteiger partial charge in [-0.3, -0.25) is 4.79 Å². The first-order valence-electron chi connectivity index (χ1n) is 9.73. The van der Waals surface area contributed by atoms with Crippen LogP contribution in [-0.4, -0.2) is 42.0 Å². The average molecular weight is 390 g/mol. The number of anilines is 2. The number of piperazine rings is 1. The lowest BCUT2D eigenvalue weighted by molar-refractivity contribution is 0.0741. The van der Waals surface area contributed by atoms with Gasteiger partial charge in [0.25, 0.3) is 5.91 Å². The van der Waals surface area contributed by atoms with Crippen LogP contribution in [0.4, 0.5) is 15.8 Å². The first-order valence-corrected chi connectivity index (χ1v) is 9.73. The number of para-hydroxylation sites is 1. The molecule has 2 heterocycles. The molecule has 0 spiro atoms. The Morgan fingerprint density at radius 1 is 0.931 bits per heavy atom. The molecule has 0 saturated carbocycles. The largest absolute Gasteiger partial charge is 0.380 e. The van der Waals surface area contributed by atoms with Crippen LogP contribution in [0, 0.1) is 5.82 Å². The molecule has 0 atom stereocenters. The summed E-state index contributed by atoms with van der Waals surface area (Å²) in [7, 11) is 0. The van der Waals surface area contributed by atoms with Gasteiger partial charge in [0.2, 0.25) is 0 Å². The van der Waals surface area contributed by atoms with Crippen molar-refractivity contribution < 1.29 is 9.18 Å². The maximum Gasteiger partial charge on any atom is 0.272 e. The lowest BCUT2D eigenvalue weighted by Crippen LogP contribution is -2.49. The van der Waals surface area contributed by atoms with Crippen molar-refractivity contribution in [3.8, 4) is 0 Å². The minimum atomic E-state index is -0.241. The summed E-state index contributed by atoms with van der Waals surface area (Å²) in [6.45, 7) is 3.31. The van der Waals surface area contributed by atoms with Gasteiger partial charge in [0, 0.05) is 44.0 Å². The summed E-state index contributed by atoms with van der Waals surface area (Å²) < 4.78 is 13.7. The fourth-order valence-electron chi connectivity index (χ4n) is 3.43. The molecule has 1 aliphatic heterocycles. The summed E-state index contributed by atoms with van der Waals surface area (Å²) >= 11 is 0. The molecule has 2 aromatic carbocycles. The number of nitrogens with zero attached hydrogens (tertiary/aromatic N) is 3. The lowest BCUT2D eigenvalue weighted by atomic mass is 10.2. The molecule has 4 rings (SSSR count). The first-order chi connectivity index (χ1) is 14.2. The Morgan fingerprint density at radius 3 is 2.34 bits per heavy atom. The van der Waals surface area contributed by atoms with E-state index in [-0.39, 0.29) is 11.7 Å². The standard InChI is InChI=1S/C23H23FN4O/c24-21-9-5-4-6-18(21)16-25-19-10-11-22(26-17-19)23(29)28-14-12-27(13-15-28)20-7-2-1-3-8-20/h1-11,17,25H,12-16H2. The van der Waals surface area contributed by atoms with Crippen molar-refractivity contribution in [2.75, 3.05) is 36.4 Å². The SMILES string of the molecule is O=C(c1ccc(NCc2ccccc2F)cn1)N1CCN(c2ccccc2)CC1. The highest BCUT2D eigenvalue weighted by atomic mass is 19.1. The van der Waals surface area contributed by atoms with Gasteiger partial charge in [-0.2, -0.15) is 0 Å². The van der Waals surface area contributed by atoms with E-state index in [0.29, 0.717) is 30.9 Å². The second-order valence-electron chi connectivity index (χ2n) is 6.99. The molecule has 6 heteroatoms. The molecule has 1 saturated heterocycles. The van der Waals surface area contributed by atoms with Crippen molar-refractivity contribution in [2.24, 2.45) is 0 Å². The highest BCUT2D eigenvalue weighted by Crippen LogP contribution is 2.17. The van der Waals surface area contributed by atoms with Crippen molar-refractivity contribution >= 4 is 17.3 Å². The highest BCUT2D eigenvalue weighted by molar-refractivity contribution is 5.92. The molecule has 1 aliphatic rings. The van der Waals surface area contributed by atoms with E-state index < -0.39 is 0 Å². The van der Waals surface area contributed by atoms with Gasteiger partial charge in [-0.05, 0) is 30.3 Å². The number of aromatic nitrogens is 1. The molecule has 5 nitrogen and oxygen atoms in total. The van der Waals surface area contributed by atoms with E-state index in [0.717, 1.165) is 18.8 Å². The zero-order chi connectivity index (χ0) is 20.1. The summed E-state index contributed by atoms with van der Waals surface area (Å²) in [5, 5.41) is 3.14. The molecule has 0 radical (unpaired) electrons. The number of carbonyl (C=O) groups excluding carboxylic acids is 1. The summed E-state index contributed by atoms with van der Waals surface area (Å²) in [5.41, 5.74) is 2.94. The third-order valence-corrected chi connectivity index (χ3v) is 5.11. The topological polar surface area (TPSA) is 48.5 Å². The van der Waals surface area contributed by atoms with Crippen LogP contribution >= 0.6 is 0 Å². The number of halogens is 1. The zero-order valence-electron chi connectivity index (χ0n) is 16.1. The van der Waals surface area contributed by atoms with Crippen LogP contribution in [0.1, 0.15) is 16.1 Å². The Hall–Kier alpha value is -3.41. The van der Waals surface area contributed by atoms with Gasteiger partial charge in [-0.15, -0.1) is 0 Å². The van der Waals surface area contributed by atoms with Crippen molar-refractivity contribution in [2.45, 2.75) is 6.54 Å². The van der Waals surface area contributed by atoms with E-state index in [4.69, 9.17) is 0 Å². The molecule has 148 valence electrons. The third-order valence-electron chi connectivity index (χ3n) is 5.11. The van der Waals surface area contributed by atoms with Gasteiger partial charge in [0.15, 0.2) is 0 Å². The van der Waals surface area contributed by atoms with Crippen LogP contribution in [0.25, 0.3) is 0 Å². The lowest BCUT2D eigenvalue weighted by Gasteiger charge is -2.36. The van der Waals surface area contributed by atoms with Crippen LogP contribution in [0.5, 0.6) is 0 Å². The number of benzene rings is 2. The summed E-state index contributed by atoms with van der Waals surface area (Å²) in [6, 6.07) is 20.4. The molecule has 3 aromatic rings. The molecule has 0 aliphatic carbocycles. The quantitative estimate of drug-likeness (QED) is 0.720. The van der Waals surface area contributed by atoms with Crippen molar-refractivity contribution in [1.82, 2.24) is 9.88 Å². The Balaban J connectivity index is 1.32. The predicted octanol–water partition coefficient (Wildman–Crippen LogP) is 3.80. The van der Waals surface area contributed by atoms with Gasteiger partial charge < -0.3 is 15.1 Å². The summed E-state index contributed by atoms with van der Waals surface area (Å²) in [4.78, 5) is 21.2.